The molecular weight excluding hydrogens is 318 g/mol. The normalized spacial score (nSPS) is 20.9. The first-order valence-corrected chi connectivity index (χ1v) is 8.11. The Bertz CT molecular complexity index is 474. The minimum Gasteiger partial charge on any atom is -0.398 e. The van der Waals surface area contributed by atoms with Crippen molar-refractivity contribution in [3.8, 4) is 0 Å². The van der Waals surface area contributed by atoms with E-state index in [1.165, 1.54) is 11.1 Å². The molecule has 2 aliphatic rings. The monoisotopic (exact) mass is 339 g/mol. The second-order valence-corrected chi connectivity index (χ2v) is 6.53. The first kappa shape index (κ1) is 14.3. The van der Waals surface area contributed by atoms with Crippen LogP contribution >= 0.6 is 15.9 Å². The number of morpholine rings is 1. The van der Waals surface area contributed by atoms with Crippen LogP contribution in [0.1, 0.15) is 11.1 Å². The van der Waals surface area contributed by atoms with Gasteiger partial charge in [0.05, 0.1) is 13.2 Å². The molecule has 1 fully saturated rings. The number of fused-ring (bicyclic) bond motifs is 1. The summed E-state index contributed by atoms with van der Waals surface area (Å²) in [6.45, 7) is 8.31. The Hall–Kier alpha value is -0.620. The highest BCUT2D eigenvalue weighted by Gasteiger charge is 2.19. The molecule has 0 bridgehead atoms. The van der Waals surface area contributed by atoms with E-state index in [1.807, 2.05) is 6.07 Å². The number of hydrogen-bond donors (Lipinski definition) is 1. The van der Waals surface area contributed by atoms with Crippen molar-refractivity contribution in [2.24, 2.45) is 0 Å². The summed E-state index contributed by atoms with van der Waals surface area (Å²) in [7, 11) is 0. The summed E-state index contributed by atoms with van der Waals surface area (Å²) in [6.07, 6.45) is 1.07. The van der Waals surface area contributed by atoms with Gasteiger partial charge in [-0.3, -0.25) is 9.80 Å². The molecule has 0 aliphatic carbocycles. The minimum atomic E-state index is 0.881. The van der Waals surface area contributed by atoms with Crippen molar-refractivity contribution in [3.05, 3.63) is 27.7 Å². The Kier molecular flexibility index (Phi) is 4.61. The van der Waals surface area contributed by atoms with Crippen LogP contribution in [0, 0.1) is 0 Å². The molecule has 1 aromatic carbocycles. The van der Waals surface area contributed by atoms with Gasteiger partial charge in [0.15, 0.2) is 0 Å². The highest BCUT2D eigenvalue weighted by molar-refractivity contribution is 9.10. The van der Waals surface area contributed by atoms with Crippen LogP contribution in [0.25, 0.3) is 0 Å². The van der Waals surface area contributed by atoms with Crippen LogP contribution in [0.3, 0.4) is 0 Å². The number of anilines is 1. The average molecular weight is 340 g/mol. The van der Waals surface area contributed by atoms with Gasteiger partial charge in [-0.25, -0.2) is 0 Å². The molecule has 2 heterocycles. The summed E-state index contributed by atoms with van der Waals surface area (Å²) >= 11 is 3.54. The quantitative estimate of drug-likeness (QED) is 0.851. The lowest BCUT2D eigenvalue weighted by molar-refractivity contribution is 0.0327. The Morgan fingerprint density at radius 2 is 1.85 bits per heavy atom. The van der Waals surface area contributed by atoms with Gasteiger partial charge in [0.25, 0.3) is 0 Å². The van der Waals surface area contributed by atoms with E-state index in [9.17, 15) is 0 Å². The number of hydrogen-bond acceptors (Lipinski definition) is 4. The summed E-state index contributed by atoms with van der Waals surface area (Å²) in [4.78, 5) is 5.03. The van der Waals surface area contributed by atoms with Gasteiger partial charge >= 0.3 is 0 Å². The van der Waals surface area contributed by atoms with E-state index in [0.717, 1.165) is 69.1 Å². The van der Waals surface area contributed by atoms with Crippen molar-refractivity contribution in [1.29, 1.82) is 0 Å². The molecule has 4 nitrogen and oxygen atoms in total. The SMILES string of the molecule is Nc1cc(Br)cc2c1CCN(CCN1CCOCC1)C2. The van der Waals surface area contributed by atoms with Crippen molar-refractivity contribution >= 4 is 21.6 Å². The standard InChI is InChI=1S/C15H22BrN3O/c16-13-9-12-11-19(2-1-14(12)15(17)10-13)4-3-18-5-7-20-8-6-18/h9-10H,1-8,11,17H2. The molecule has 2 aliphatic heterocycles. The molecule has 1 aromatic rings. The maximum absolute atomic E-state index is 6.11. The molecule has 0 saturated carbocycles. The van der Waals surface area contributed by atoms with Gasteiger partial charge in [0.1, 0.15) is 0 Å². The van der Waals surface area contributed by atoms with Crippen LogP contribution in [-0.4, -0.2) is 55.7 Å². The van der Waals surface area contributed by atoms with Gasteiger partial charge in [-0.05, 0) is 29.7 Å². The summed E-state index contributed by atoms with van der Waals surface area (Å²) in [5, 5.41) is 0. The number of rotatable bonds is 3. The van der Waals surface area contributed by atoms with E-state index in [-0.39, 0.29) is 0 Å². The zero-order chi connectivity index (χ0) is 13.9. The molecular formula is C15H22BrN3O. The fourth-order valence-corrected chi connectivity index (χ4v) is 3.57. The maximum Gasteiger partial charge on any atom is 0.0594 e. The lowest BCUT2D eigenvalue weighted by Gasteiger charge is -2.33. The van der Waals surface area contributed by atoms with Crippen molar-refractivity contribution in [2.45, 2.75) is 13.0 Å². The zero-order valence-corrected chi connectivity index (χ0v) is 13.4. The van der Waals surface area contributed by atoms with Crippen molar-refractivity contribution in [2.75, 3.05) is 51.7 Å². The van der Waals surface area contributed by atoms with Gasteiger partial charge in [-0.1, -0.05) is 15.9 Å². The lowest BCUT2D eigenvalue weighted by atomic mass is 9.98. The molecule has 110 valence electrons. The predicted octanol–water partition coefficient (Wildman–Crippen LogP) is 1.72. The summed E-state index contributed by atoms with van der Waals surface area (Å²) in [5.41, 5.74) is 9.76. The summed E-state index contributed by atoms with van der Waals surface area (Å²) < 4.78 is 6.48. The zero-order valence-electron chi connectivity index (χ0n) is 11.8. The molecule has 0 amide bonds. The highest BCUT2D eigenvalue weighted by Crippen LogP contribution is 2.28. The molecule has 3 rings (SSSR count). The number of nitrogens with zero attached hydrogens (tertiary/aromatic N) is 2. The van der Waals surface area contributed by atoms with E-state index in [2.05, 4.69) is 31.8 Å². The smallest absolute Gasteiger partial charge is 0.0594 e. The molecule has 20 heavy (non-hydrogen) atoms. The third-order valence-corrected chi connectivity index (χ3v) is 4.71. The molecule has 5 heteroatoms. The van der Waals surface area contributed by atoms with Crippen molar-refractivity contribution in [1.82, 2.24) is 9.80 Å². The van der Waals surface area contributed by atoms with Crippen LogP contribution in [0.4, 0.5) is 5.69 Å². The predicted molar refractivity (Wildman–Crippen MR) is 84.8 cm³/mol. The van der Waals surface area contributed by atoms with Crippen molar-refractivity contribution < 1.29 is 4.74 Å². The fourth-order valence-electron chi connectivity index (χ4n) is 3.05. The van der Waals surface area contributed by atoms with E-state index in [4.69, 9.17) is 10.5 Å². The van der Waals surface area contributed by atoms with E-state index in [1.54, 1.807) is 0 Å². The van der Waals surface area contributed by atoms with E-state index < -0.39 is 0 Å². The number of nitrogens with two attached hydrogens (primary N) is 1. The molecule has 0 atom stereocenters. The minimum absolute atomic E-state index is 0.881. The molecule has 2 N–H and O–H groups in total. The maximum atomic E-state index is 6.11. The first-order chi connectivity index (χ1) is 9.72. The molecule has 0 aromatic heterocycles. The third kappa shape index (κ3) is 3.34. The average Bonchev–Trinajstić information content (AvgIpc) is 2.45. The molecule has 1 saturated heterocycles. The Labute approximate surface area is 129 Å². The number of benzene rings is 1. The third-order valence-electron chi connectivity index (χ3n) is 4.25. The summed E-state index contributed by atoms with van der Waals surface area (Å²) in [6, 6.07) is 4.23. The van der Waals surface area contributed by atoms with Gasteiger partial charge in [0.2, 0.25) is 0 Å². The molecule has 0 radical (unpaired) electrons. The van der Waals surface area contributed by atoms with E-state index in [0.29, 0.717) is 0 Å². The van der Waals surface area contributed by atoms with Crippen molar-refractivity contribution in [3.63, 3.8) is 0 Å². The van der Waals surface area contributed by atoms with Gasteiger partial charge in [0, 0.05) is 49.4 Å². The number of nitrogen functional groups attached to an aromatic ring is 1. The van der Waals surface area contributed by atoms with Crippen LogP contribution in [0.5, 0.6) is 0 Å². The van der Waals surface area contributed by atoms with Crippen LogP contribution in [-0.2, 0) is 17.7 Å². The van der Waals surface area contributed by atoms with E-state index >= 15 is 0 Å². The molecule has 0 unspecified atom stereocenters. The Morgan fingerprint density at radius 3 is 2.65 bits per heavy atom. The Balaban J connectivity index is 1.58. The molecule has 0 spiro atoms. The lowest BCUT2D eigenvalue weighted by Crippen LogP contribution is -2.42. The van der Waals surface area contributed by atoms with Gasteiger partial charge < -0.3 is 10.5 Å². The Morgan fingerprint density at radius 1 is 1.10 bits per heavy atom. The fraction of sp³-hybridized carbons (Fsp3) is 0.600. The number of halogens is 1. The second kappa shape index (κ2) is 6.43. The summed E-state index contributed by atoms with van der Waals surface area (Å²) in [5.74, 6) is 0. The first-order valence-electron chi connectivity index (χ1n) is 7.31. The van der Waals surface area contributed by atoms with Crippen LogP contribution in [0.15, 0.2) is 16.6 Å². The topological polar surface area (TPSA) is 41.7 Å². The second-order valence-electron chi connectivity index (χ2n) is 5.61. The van der Waals surface area contributed by atoms with Crippen LogP contribution < -0.4 is 5.73 Å². The largest absolute Gasteiger partial charge is 0.398 e. The van der Waals surface area contributed by atoms with Gasteiger partial charge in [-0.15, -0.1) is 0 Å². The number of ether oxygens (including phenoxy) is 1. The highest BCUT2D eigenvalue weighted by atomic mass is 79.9. The van der Waals surface area contributed by atoms with Crippen LogP contribution in [0.2, 0.25) is 0 Å². The van der Waals surface area contributed by atoms with Gasteiger partial charge in [-0.2, -0.15) is 0 Å².